The van der Waals surface area contributed by atoms with Crippen LogP contribution in [-0.4, -0.2) is 23.9 Å². The van der Waals surface area contributed by atoms with Crippen molar-refractivity contribution in [2.75, 3.05) is 0 Å². The van der Waals surface area contributed by atoms with Crippen LogP contribution >= 0.6 is 23.2 Å². The van der Waals surface area contributed by atoms with E-state index in [4.69, 9.17) is 23.2 Å². The minimum absolute atomic E-state index is 0.213. The Morgan fingerprint density at radius 1 is 1.10 bits per heavy atom. The Bertz CT molecular complexity index is 1200. The topological polar surface area (TPSA) is 81.1 Å². The maximum absolute atomic E-state index is 14.0. The first-order valence-corrected chi connectivity index (χ1v) is 9.94. The summed E-state index contributed by atoms with van der Waals surface area (Å²) in [5.74, 6) is -5.14. The van der Waals surface area contributed by atoms with Crippen molar-refractivity contribution >= 4 is 39.1 Å². The average Bonchev–Trinajstić information content (AvgIpc) is 2.95. The van der Waals surface area contributed by atoms with Gasteiger partial charge in [-0.25, -0.2) is 31.3 Å². The molecule has 0 bridgehead atoms. The molecule has 0 aliphatic carbocycles. The Kier molecular flexibility index (Phi) is 5.61. The Labute approximate surface area is 172 Å². The molecule has 1 amide bonds. The van der Waals surface area contributed by atoms with Gasteiger partial charge in [-0.15, -0.1) is 0 Å². The molecule has 0 saturated carbocycles. The van der Waals surface area contributed by atoms with Crippen LogP contribution in [-0.2, 0) is 17.1 Å². The number of nitrogens with zero attached hydrogens (tertiary/aromatic N) is 2. The number of carbonyl (C=O) groups excluding carboxylic acids is 1. The van der Waals surface area contributed by atoms with E-state index in [-0.39, 0.29) is 15.9 Å². The Balaban J connectivity index is 1.98. The standard InChI is InChI=1S/C17H10Cl2F3N3O3S/c1-25-7-13(23-16(25)14-11(21)5-8(20)6-12(14)22)17(26)24-29(27,28)15-9(18)3-2-4-10(15)19/h2-7H,1H3,(H,24,26). The van der Waals surface area contributed by atoms with Gasteiger partial charge in [0.1, 0.15) is 33.9 Å². The van der Waals surface area contributed by atoms with Crippen LogP contribution in [0.25, 0.3) is 11.4 Å². The highest BCUT2D eigenvalue weighted by molar-refractivity contribution is 7.90. The molecule has 0 fully saturated rings. The van der Waals surface area contributed by atoms with Crippen LogP contribution in [0.1, 0.15) is 10.5 Å². The molecule has 0 atom stereocenters. The zero-order valence-corrected chi connectivity index (χ0v) is 16.7. The van der Waals surface area contributed by atoms with Gasteiger partial charge < -0.3 is 4.57 Å². The minimum atomic E-state index is -4.47. The SMILES string of the molecule is Cn1cc(C(=O)NS(=O)(=O)c2c(Cl)cccc2Cl)nc1-c1c(F)cc(F)cc1F. The molecule has 2 aromatic carbocycles. The zero-order valence-electron chi connectivity index (χ0n) is 14.4. The fourth-order valence-corrected chi connectivity index (χ4v) is 4.64. The van der Waals surface area contributed by atoms with Crippen LogP contribution in [0.15, 0.2) is 41.4 Å². The van der Waals surface area contributed by atoms with Gasteiger partial charge in [-0.3, -0.25) is 4.79 Å². The molecule has 0 aliphatic heterocycles. The lowest BCUT2D eigenvalue weighted by molar-refractivity contribution is 0.0977. The predicted molar refractivity (Wildman–Crippen MR) is 99.6 cm³/mol. The van der Waals surface area contributed by atoms with E-state index in [1.54, 1.807) is 4.72 Å². The number of halogens is 5. The summed E-state index contributed by atoms with van der Waals surface area (Å²) in [7, 11) is -3.15. The number of hydrogen-bond acceptors (Lipinski definition) is 4. The van der Waals surface area contributed by atoms with Gasteiger partial charge in [0.05, 0.1) is 15.6 Å². The van der Waals surface area contributed by atoms with Gasteiger partial charge in [0.15, 0.2) is 0 Å². The van der Waals surface area contributed by atoms with Crippen molar-refractivity contribution < 1.29 is 26.4 Å². The fourth-order valence-electron chi connectivity index (χ4n) is 2.53. The Hall–Kier alpha value is -2.56. The average molecular weight is 464 g/mol. The fraction of sp³-hybridized carbons (Fsp3) is 0.0588. The van der Waals surface area contributed by atoms with Crippen molar-refractivity contribution in [2.24, 2.45) is 7.05 Å². The van der Waals surface area contributed by atoms with Crippen LogP contribution in [0, 0.1) is 17.5 Å². The van der Waals surface area contributed by atoms with Gasteiger partial charge in [-0.2, -0.15) is 0 Å². The number of benzene rings is 2. The lowest BCUT2D eigenvalue weighted by Gasteiger charge is -2.08. The van der Waals surface area contributed by atoms with Gasteiger partial charge in [0.25, 0.3) is 15.9 Å². The van der Waals surface area contributed by atoms with Gasteiger partial charge in [0.2, 0.25) is 0 Å². The van der Waals surface area contributed by atoms with Crippen LogP contribution in [0.2, 0.25) is 10.0 Å². The molecule has 6 nitrogen and oxygen atoms in total. The van der Waals surface area contributed by atoms with Crippen molar-refractivity contribution in [1.82, 2.24) is 14.3 Å². The molecule has 1 aromatic heterocycles. The molecular weight excluding hydrogens is 454 g/mol. The molecule has 12 heteroatoms. The van der Waals surface area contributed by atoms with Gasteiger partial charge >= 0.3 is 0 Å². The zero-order chi connectivity index (χ0) is 21.5. The van der Waals surface area contributed by atoms with E-state index < -0.39 is 49.5 Å². The summed E-state index contributed by atoms with van der Waals surface area (Å²) in [6.45, 7) is 0. The number of sulfonamides is 1. The molecule has 1 heterocycles. The van der Waals surface area contributed by atoms with Crippen LogP contribution in [0.5, 0.6) is 0 Å². The molecule has 3 aromatic rings. The second kappa shape index (κ2) is 7.69. The van der Waals surface area contributed by atoms with E-state index in [2.05, 4.69) is 4.98 Å². The lowest BCUT2D eigenvalue weighted by Crippen LogP contribution is -2.31. The predicted octanol–water partition coefficient (Wildman–Crippen LogP) is 3.93. The molecule has 0 spiro atoms. The summed E-state index contributed by atoms with van der Waals surface area (Å²) in [6.07, 6.45) is 1.05. The number of nitrogens with one attached hydrogen (secondary N) is 1. The van der Waals surface area contributed by atoms with E-state index in [1.807, 2.05) is 0 Å². The summed E-state index contributed by atoms with van der Waals surface area (Å²) < 4.78 is 68.9. The van der Waals surface area contributed by atoms with E-state index in [0.717, 1.165) is 10.8 Å². The highest BCUT2D eigenvalue weighted by Gasteiger charge is 2.27. The third-order valence-electron chi connectivity index (χ3n) is 3.75. The third-order valence-corrected chi connectivity index (χ3v) is 6.04. The molecule has 0 unspecified atom stereocenters. The Morgan fingerprint density at radius 2 is 1.66 bits per heavy atom. The molecule has 1 N–H and O–H groups in total. The number of aromatic nitrogens is 2. The normalized spacial score (nSPS) is 11.5. The maximum atomic E-state index is 14.0. The van der Waals surface area contributed by atoms with E-state index in [9.17, 15) is 26.4 Å². The summed E-state index contributed by atoms with van der Waals surface area (Å²) in [6, 6.07) is 4.87. The monoisotopic (exact) mass is 463 g/mol. The number of hydrogen-bond donors (Lipinski definition) is 1. The molecule has 152 valence electrons. The number of amides is 1. The quantitative estimate of drug-likeness (QED) is 0.635. The highest BCUT2D eigenvalue weighted by Crippen LogP contribution is 2.29. The van der Waals surface area contributed by atoms with Gasteiger partial charge in [-0.05, 0) is 12.1 Å². The van der Waals surface area contributed by atoms with Crippen LogP contribution in [0.4, 0.5) is 13.2 Å². The highest BCUT2D eigenvalue weighted by atomic mass is 35.5. The number of carbonyl (C=O) groups is 1. The minimum Gasteiger partial charge on any atom is -0.333 e. The van der Waals surface area contributed by atoms with E-state index in [0.29, 0.717) is 12.1 Å². The second-order valence-electron chi connectivity index (χ2n) is 5.79. The summed E-state index contributed by atoms with van der Waals surface area (Å²) >= 11 is 11.7. The first kappa shape index (κ1) is 21.2. The van der Waals surface area contributed by atoms with Crippen molar-refractivity contribution in [1.29, 1.82) is 0 Å². The van der Waals surface area contributed by atoms with Crippen molar-refractivity contribution in [3.8, 4) is 11.4 Å². The first-order valence-electron chi connectivity index (χ1n) is 7.70. The number of aryl methyl sites for hydroxylation is 1. The maximum Gasteiger partial charge on any atom is 0.285 e. The van der Waals surface area contributed by atoms with Gasteiger partial charge in [0, 0.05) is 25.4 Å². The summed E-state index contributed by atoms with van der Waals surface area (Å²) in [5.41, 5.74) is -1.14. The van der Waals surface area contributed by atoms with Crippen LogP contribution < -0.4 is 4.72 Å². The second-order valence-corrected chi connectivity index (χ2v) is 8.22. The van der Waals surface area contributed by atoms with E-state index in [1.165, 1.54) is 25.2 Å². The first-order chi connectivity index (χ1) is 13.5. The molecule has 0 saturated heterocycles. The largest absolute Gasteiger partial charge is 0.333 e. The van der Waals surface area contributed by atoms with Gasteiger partial charge in [-0.1, -0.05) is 29.3 Å². The molecule has 0 aliphatic rings. The lowest BCUT2D eigenvalue weighted by atomic mass is 10.2. The molecule has 3 rings (SSSR count). The molecule has 0 radical (unpaired) electrons. The van der Waals surface area contributed by atoms with Crippen molar-refractivity contribution in [3.05, 3.63) is 69.7 Å². The summed E-state index contributed by atoms with van der Waals surface area (Å²) in [4.78, 5) is 15.6. The number of imidazole rings is 1. The Morgan fingerprint density at radius 3 is 2.21 bits per heavy atom. The van der Waals surface area contributed by atoms with Crippen molar-refractivity contribution in [3.63, 3.8) is 0 Å². The molecule has 29 heavy (non-hydrogen) atoms. The van der Waals surface area contributed by atoms with Crippen molar-refractivity contribution in [2.45, 2.75) is 4.90 Å². The van der Waals surface area contributed by atoms with E-state index >= 15 is 0 Å². The smallest absolute Gasteiger partial charge is 0.285 e. The van der Waals surface area contributed by atoms with Crippen LogP contribution in [0.3, 0.4) is 0 Å². The molecular formula is C17H10Cl2F3N3O3S. The number of rotatable bonds is 4. The summed E-state index contributed by atoms with van der Waals surface area (Å²) in [5, 5.41) is -0.426. The third kappa shape index (κ3) is 4.09.